The molecule has 9 heteroatoms. The van der Waals surface area contributed by atoms with Crippen LogP contribution in [-0.4, -0.2) is 46.8 Å². The molecule has 9 nitrogen and oxygen atoms in total. The van der Waals surface area contributed by atoms with Crippen molar-refractivity contribution in [3.63, 3.8) is 0 Å². The minimum Gasteiger partial charge on any atom is -0.368 e. The van der Waals surface area contributed by atoms with Gasteiger partial charge in [0.1, 0.15) is 0 Å². The molecule has 1 saturated heterocycles. The molecule has 0 unspecified atom stereocenters. The van der Waals surface area contributed by atoms with Crippen molar-refractivity contribution in [2.75, 3.05) is 31.1 Å². The standard InChI is InChI=1S/C20H22N4O5/c1-13-5-4-6-18(14(13)2)21-7-9-22(10-8-21)20(25)17-11-16(23(26)27)12-19(15(17)3)24(28)29/h4-6,11-12H,7-10H2,1-3H3. The van der Waals surface area contributed by atoms with Crippen molar-refractivity contribution >= 4 is 23.0 Å². The number of piperazine rings is 1. The number of nitro groups is 2. The predicted molar refractivity (Wildman–Crippen MR) is 109 cm³/mol. The van der Waals surface area contributed by atoms with Gasteiger partial charge in [0.05, 0.1) is 21.5 Å². The Morgan fingerprint density at radius 3 is 2.17 bits per heavy atom. The number of benzene rings is 2. The Kier molecular flexibility index (Phi) is 5.49. The number of hydrogen-bond donors (Lipinski definition) is 0. The lowest BCUT2D eigenvalue weighted by molar-refractivity contribution is -0.394. The normalized spacial score (nSPS) is 14.0. The first-order valence-electron chi connectivity index (χ1n) is 9.24. The van der Waals surface area contributed by atoms with Gasteiger partial charge < -0.3 is 9.80 Å². The number of aryl methyl sites for hydroxylation is 1. The summed E-state index contributed by atoms with van der Waals surface area (Å²) in [6.07, 6.45) is 0. The molecule has 0 atom stereocenters. The fourth-order valence-electron chi connectivity index (χ4n) is 3.60. The zero-order valence-electron chi connectivity index (χ0n) is 16.5. The molecule has 2 aromatic rings. The second-order valence-electron chi connectivity index (χ2n) is 7.15. The van der Waals surface area contributed by atoms with Crippen LogP contribution in [0.15, 0.2) is 30.3 Å². The molecule has 0 N–H and O–H groups in total. The van der Waals surface area contributed by atoms with Gasteiger partial charge in [-0.15, -0.1) is 0 Å². The third kappa shape index (κ3) is 3.89. The second-order valence-corrected chi connectivity index (χ2v) is 7.15. The molecule has 1 aliphatic rings. The van der Waals surface area contributed by atoms with Crippen LogP contribution in [0.3, 0.4) is 0 Å². The number of non-ortho nitro benzene ring substituents is 1. The number of anilines is 1. The van der Waals surface area contributed by atoms with E-state index in [0.29, 0.717) is 26.2 Å². The van der Waals surface area contributed by atoms with E-state index in [-0.39, 0.29) is 11.1 Å². The topological polar surface area (TPSA) is 110 Å². The van der Waals surface area contributed by atoms with Gasteiger partial charge in [0.2, 0.25) is 0 Å². The van der Waals surface area contributed by atoms with Crippen LogP contribution in [0.4, 0.5) is 17.1 Å². The first kappa shape index (κ1) is 20.2. The molecule has 0 aliphatic carbocycles. The van der Waals surface area contributed by atoms with E-state index in [9.17, 15) is 25.0 Å². The fourth-order valence-corrected chi connectivity index (χ4v) is 3.60. The molecular formula is C20H22N4O5. The summed E-state index contributed by atoms with van der Waals surface area (Å²) in [6, 6.07) is 8.12. The number of rotatable bonds is 4. The van der Waals surface area contributed by atoms with Gasteiger partial charge in [0.15, 0.2) is 0 Å². The van der Waals surface area contributed by atoms with Crippen LogP contribution in [0.1, 0.15) is 27.0 Å². The van der Waals surface area contributed by atoms with Crippen molar-refractivity contribution in [3.8, 4) is 0 Å². The van der Waals surface area contributed by atoms with Crippen LogP contribution in [0, 0.1) is 41.0 Å². The minimum atomic E-state index is -0.721. The van der Waals surface area contributed by atoms with Gasteiger partial charge in [0, 0.05) is 43.5 Å². The Bertz CT molecular complexity index is 997. The number of carbonyl (C=O) groups excluding carboxylic acids is 1. The van der Waals surface area contributed by atoms with E-state index in [0.717, 1.165) is 17.8 Å². The van der Waals surface area contributed by atoms with E-state index < -0.39 is 27.1 Å². The van der Waals surface area contributed by atoms with E-state index in [4.69, 9.17) is 0 Å². The number of carbonyl (C=O) groups is 1. The summed E-state index contributed by atoms with van der Waals surface area (Å²) in [6.45, 7) is 7.66. The highest BCUT2D eigenvalue weighted by Crippen LogP contribution is 2.30. The summed E-state index contributed by atoms with van der Waals surface area (Å²) in [7, 11) is 0. The molecule has 1 heterocycles. The van der Waals surface area contributed by atoms with Gasteiger partial charge in [-0.25, -0.2) is 0 Å². The van der Waals surface area contributed by atoms with Crippen LogP contribution in [0.2, 0.25) is 0 Å². The second kappa shape index (κ2) is 7.86. The average Bonchev–Trinajstić information content (AvgIpc) is 2.69. The minimum absolute atomic E-state index is 0.00564. The van der Waals surface area contributed by atoms with Crippen LogP contribution in [-0.2, 0) is 0 Å². The summed E-state index contributed by atoms with van der Waals surface area (Å²) < 4.78 is 0. The molecule has 1 fully saturated rings. The van der Waals surface area contributed by atoms with Gasteiger partial charge in [-0.1, -0.05) is 12.1 Å². The number of nitrogens with zero attached hydrogens (tertiary/aromatic N) is 4. The molecule has 1 aliphatic heterocycles. The zero-order chi connectivity index (χ0) is 21.3. The monoisotopic (exact) mass is 398 g/mol. The van der Waals surface area contributed by atoms with E-state index in [1.165, 1.54) is 18.1 Å². The highest BCUT2D eigenvalue weighted by Gasteiger charge is 2.29. The fraction of sp³-hybridized carbons (Fsp3) is 0.350. The van der Waals surface area contributed by atoms with Crippen molar-refractivity contribution in [1.29, 1.82) is 0 Å². The first-order valence-corrected chi connectivity index (χ1v) is 9.24. The van der Waals surface area contributed by atoms with Crippen molar-refractivity contribution < 1.29 is 14.6 Å². The number of hydrogen-bond acceptors (Lipinski definition) is 6. The lowest BCUT2D eigenvalue weighted by Crippen LogP contribution is -2.49. The third-order valence-corrected chi connectivity index (χ3v) is 5.49. The number of nitro benzene ring substituents is 2. The summed E-state index contributed by atoms with van der Waals surface area (Å²) in [5, 5.41) is 22.4. The molecule has 0 aromatic heterocycles. The van der Waals surface area contributed by atoms with Crippen molar-refractivity contribution in [2.24, 2.45) is 0 Å². The van der Waals surface area contributed by atoms with Crippen molar-refractivity contribution in [2.45, 2.75) is 20.8 Å². The Balaban J connectivity index is 1.83. The SMILES string of the molecule is Cc1cccc(N2CCN(C(=O)c3cc([N+](=O)[O-])cc([N+](=O)[O-])c3C)CC2)c1C. The zero-order valence-corrected chi connectivity index (χ0v) is 16.5. The van der Waals surface area contributed by atoms with Gasteiger partial charge >= 0.3 is 0 Å². The van der Waals surface area contributed by atoms with Gasteiger partial charge in [0.25, 0.3) is 17.3 Å². The van der Waals surface area contributed by atoms with Crippen molar-refractivity contribution in [3.05, 3.63) is 72.8 Å². The summed E-state index contributed by atoms with van der Waals surface area (Å²) in [5.74, 6) is -0.421. The summed E-state index contributed by atoms with van der Waals surface area (Å²) in [5.41, 5.74) is 2.78. The molecule has 3 rings (SSSR count). The van der Waals surface area contributed by atoms with Gasteiger partial charge in [-0.3, -0.25) is 25.0 Å². The van der Waals surface area contributed by atoms with Crippen LogP contribution in [0.5, 0.6) is 0 Å². The van der Waals surface area contributed by atoms with Gasteiger partial charge in [-0.05, 0) is 38.0 Å². The average molecular weight is 398 g/mol. The Labute approximate surface area is 167 Å². The first-order chi connectivity index (χ1) is 13.7. The van der Waals surface area contributed by atoms with Crippen LogP contribution < -0.4 is 4.90 Å². The lowest BCUT2D eigenvalue weighted by Gasteiger charge is -2.37. The quantitative estimate of drug-likeness (QED) is 0.577. The maximum atomic E-state index is 13.0. The molecule has 0 bridgehead atoms. The molecule has 152 valence electrons. The molecule has 0 saturated carbocycles. The Morgan fingerprint density at radius 1 is 0.931 bits per heavy atom. The number of amides is 1. The highest BCUT2D eigenvalue weighted by atomic mass is 16.6. The molecule has 1 amide bonds. The predicted octanol–water partition coefficient (Wildman–Crippen LogP) is 3.39. The van der Waals surface area contributed by atoms with E-state index in [1.54, 1.807) is 4.90 Å². The smallest absolute Gasteiger partial charge is 0.279 e. The van der Waals surface area contributed by atoms with E-state index in [2.05, 4.69) is 24.8 Å². The molecule has 0 spiro atoms. The van der Waals surface area contributed by atoms with E-state index >= 15 is 0 Å². The van der Waals surface area contributed by atoms with Crippen molar-refractivity contribution in [1.82, 2.24) is 4.90 Å². The molecule has 0 radical (unpaired) electrons. The van der Waals surface area contributed by atoms with Gasteiger partial charge in [-0.2, -0.15) is 0 Å². The Morgan fingerprint density at radius 2 is 1.59 bits per heavy atom. The van der Waals surface area contributed by atoms with Crippen LogP contribution >= 0.6 is 0 Å². The van der Waals surface area contributed by atoms with E-state index in [1.807, 2.05) is 12.1 Å². The summed E-state index contributed by atoms with van der Waals surface area (Å²) >= 11 is 0. The lowest BCUT2D eigenvalue weighted by atomic mass is 10.0. The third-order valence-electron chi connectivity index (χ3n) is 5.49. The largest absolute Gasteiger partial charge is 0.368 e. The maximum absolute atomic E-state index is 13.0. The molecule has 2 aromatic carbocycles. The Hall–Kier alpha value is -3.49. The molecular weight excluding hydrogens is 376 g/mol. The highest BCUT2D eigenvalue weighted by molar-refractivity contribution is 5.97. The maximum Gasteiger partial charge on any atom is 0.279 e. The molecule has 29 heavy (non-hydrogen) atoms. The van der Waals surface area contributed by atoms with Crippen LogP contribution in [0.25, 0.3) is 0 Å². The summed E-state index contributed by atoms with van der Waals surface area (Å²) in [4.78, 5) is 37.8.